The second-order valence-corrected chi connectivity index (χ2v) is 3.68. The Morgan fingerprint density at radius 2 is 2.28 bits per heavy atom. The van der Waals surface area contributed by atoms with Crippen LogP contribution < -0.4 is 10.5 Å². The first-order valence-electron chi connectivity index (χ1n) is 5.17. The quantitative estimate of drug-likeness (QED) is 0.596. The molecule has 0 spiro atoms. The van der Waals surface area contributed by atoms with Gasteiger partial charge >= 0.3 is 0 Å². The highest BCUT2D eigenvalue weighted by atomic mass is 16.5. The van der Waals surface area contributed by atoms with Gasteiger partial charge in [0.05, 0.1) is 11.7 Å². The number of imidazole rings is 1. The number of rotatable bonds is 3. The standard InChI is InChI=1S/C11H9N5O2/c12-10-7-3-6(1-2-8(7)15-16-10)11-13-4-9(14-11)18-5-17/h1-5H,(H,13,14)(H3,12,15,16). The van der Waals surface area contributed by atoms with E-state index in [1.807, 2.05) is 18.2 Å². The van der Waals surface area contributed by atoms with E-state index in [4.69, 9.17) is 5.73 Å². The van der Waals surface area contributed by atoms with Crippen LogP contribution in [0.5, 0.6) is 5.88 Å². The van der Waals surface area contributed by atoms with E-state index in [0.29, 0.717) is 24.0 Å². The largest absolute Gasteiger partial charge is 0.410 e. The molecule has 0 amide bonds. The van der Waals surface area contributed by atoms with Gasteiger partial charge in [0.1, 0.15) is 5.82 Å². The van der Waals surface area contributed by atoms with E-state index in [1.54, 1.807) is 0 Å². The average molecular weight is 243 g/mol. The number of benzene rings is 1. The van der Waals surface area contributed by atoms with Crippen molar-refractivity contribution in [3.63, 3.8) is 0 Å². The number of carbonyl (C=O) groups excluding carboxylic acids is 1. The lowest BCUT2D eigenvalue weighted by Crippen LogP contribution is -1.88. The molecular weight excluding hydrogens is 234 g/mol. The zero-order valence-electron chi connectivity index (χ0n) is 9.18. The topological polar surface area (TPSA) is 110 Å². The highest BCUT2D eigenvalue weighted by molar-refractivity contribution is 5.91. The van der Waals surface area contributed by atoms with Gasteiger partial charge in [-0.15, -0.1) is 0 Å². The van der Waals surface area contributed by atoms with E-state index in [-0.39, 0.29) is 0 Å². The van der Waals surface area contributed by atoms with Crippen molar-refractivity contribution in [1.29, 1.82) is 0 Å². The fraction of sp³-hybridized carbons (Fsp3) is 0. The number of H-pyrrole nitrogens is 2. The van der Waals surface area contributed by atoms with Gasteiger partial charge in [-0.25, -0.2) is 4.98 Å². The van der Waals surface area contributed by atoms with Gasteiger partial charge in [0.25, 0.3) is 6.47 Å². The maximum Gasteiger partial charge on any atom is 0.299 e. The third-order valence-corrected chi connectivity index (χ3v) is 2.59. The van der Waals surface area contributed by atoms with Gasteiger partial charge in [-0.1, -0.05) is 0 Å². The second kappa shape index (κ2) is 3.88. The molecule has 2 aromatic heterocycles. The smallest absolute Gasteiger partial charge is 0.299 e. The van der Waals surface area contributed by atoms with E-state index in [2.05, 4.69) is 24.9 Å². The maximum atomic E-state index is 10.2. The Morgan fingerprint density at radius 1 is 1.39 bits per heavy atom. The van der Waals surface area contributed by atoms with E-state index < -0.39 is 0 Å². The molecule has 0 atom stereocenters. The summed E-state index contributed by atoms with van der Waals surface area (Å²) in [5, 5.41) is 7.55. The van der Waals surface area contributed by atoms with E-state index >= 15 is 0 Å². The van der Waals surface area contributed by atoms with Gasteiger partial charge in [-0.05, 0) is 18.2 Å². The van der Waals surface area contributed by atoms with Crippen molar-refractivity contribution in [2.75, 3.05) is 5.73 Å². The summed E-state index contributed by atoms with van der Waals surface area (Å²) < 4.78 is 4.66. The number of aromatic nitrogens is 4. The van der Waals surface area contributed by atoms with Gasteiger partial charge in [0, 0.05) is 10.9 Å². The first kappa shape index (κ1) is 10.3. The van der Waals surface area contributed by atoms with Gasteiger partial charge < -0.3 is 15.5 Å². The van der Waals surface area contributed by atoms with Gasteiger partial charge in [0.15, 0.2) is 5.82 Å². The number of fused-ring (bicyclic) bond motifs is 1. The highest BCUT2D eigenvalue weighted by Crippen LogP contribution is 2.25. The number of nitrogens with two attached hydrogens (primary N) is 1. The van der Waals surface area contributed by atoms with Crippen molar-refractivity contribution in [1.82, 2.24) is 20.2 Å². The van der Waals surface area contributed by atoms with E-state index in [1.165, 1.54) is 6.20 Å². The minimum absolute atomic E-state index is 0.292. The predicted molar refractivity (Wildman–Crippen MR) is 64.8 cm³/mol. The Labute approximate surface area is 101 Å². The van der Waals surface area contributed by atoms with Crippen molar-refractivity contribution in [2.45, 2.75) is 0 Å². The number of hydrogen-bond donors (Lipinski definition) is 3. The second-order valence-electron chi connectivity index (χ2n) is 3.68. The van der Waals surface area contributed by atoms with Crippen LogP contribution in [-0.2, 0) is 4.79 Å². The third-order valence-electron chi connectivity index (χ3n) is 2.59. The number of hydrogen-bond acceptors (Lipinski definition) is 5. The summed E-state index contributed by atoms with van der Waals surface area (Å²) in [7, 11) is 0. The molecule has 3 rings (SSSR count). The van der Waals surface area contributed by atoms with Gasteiger partial charge in [0.2, 0.25) is 5.88 Å². The van der Waals surface area contributed by atoms with Crippen LogP contribution in [0.3, 0.4) is 0 Å². The van der Waals surface area contributed by atoms with Crippen molar-refractivity contribution in [3.05, 3.63) is 24.4 Å². The first-order chi connectivity index (χ1) is 8.78. The van der Waals surface area contributed by atoms with Crippen molar-refractivity contribution >= 4 is 23.2 Å². The minimum Gasteiger partial charge on any atom is -0.410 e. The van der Waals surface area contributed by atoms with Crippen LogP contribution >= 0.6 is 0 Å². The van der Waals surface area contributed by atoms with E-state index in [0.717, 1.165) is 16.5 Å². The van der Waals surface area contributed by atoms with Crippen LogP contribution in [0.1, 0.15) is 0 Å². The molecule has 7 nitrogen and oxygen atoms in total. The molecular formula is C11H9N5O2. The number of nitrogen functional groups attached to an aromatic ring is 1. The molecule has 90 valence electrons. The Kier molecular flexibility index (Phi) is 2.23. The Balaban J connectivity index is 2.06. The van der Waals surface area contributed by atoms with Crippen LogP contribution in [0.4, 0.5) is 5.82 Å². The normalized spacial score (nSPS) is 10.7. The number of nitrogens with zero attached hydrogens (tertiary/aromatic N) is 2. The van der Waals surface area contributed by atoms with Crippen LogP contribution in [-0.4, -0.2) is 26.6 Å². The predicted octanol–water partition coefficient (Wildman–Crippen LogP) is 1.07. The monoisotopic (exact) mass is 243 g/mol. The molecule has 7 heteroatoms. The number of anilines is 1. The fourth-order valence-corrected chi connectivity index (χ4v) is 1.74. The number of carbonyl (C=O) groups is 1. The van der Waals surface area contributed by atoms with Crippen LogP contribution in [0.25, 0.3) is 22.3 Å². The molecule has 0 aliphatic heterocycles. The number of ether oxygens (including phenoxy) is 1. The summed E-state index contributed by atoms with van der Waals surface area (Å²) in [5.74, 6) is 1.32. The lowest BCUT2D eigenvalue weighted by atomic mass is 10.1. The minimum atomic E-state index is 0.292. The third kappa shape index (κ3) is 1.58. The Hall–Kier alpha value is -2.83. The number of aromatic amines is 2. The molecule has 0 saturated carbocycles. The molecule has 0 unspecified atom stereocenters. The maximum absolute atomic E-state index is 10.2. The molecule has 0 aliphatic rings. The van der Waals surface area contributed by atoms with E-state index in [9.17, 15) is 4.79 Å². The summed E-state index contributed by atoms with van der Waals surface area (Å²) in [6, 6.07) is 5.58. The summed E-state index contributed by atoms with van der Waals surface area (Å²) in [6.07, 6.45) is 1.44. The van der Waals surface area contributed by atoms with Crippen molar-refractivity contribution < 1.29 is 9.53 Å². The van der Waals surface area contributed by atoms with Gasteiger partial charge in [-0.2, -0.15) is 5.10 Å². The lowest BCUT2D eigenvalue weighted by Gasteiger charge is -1.97. The molecule has 0 aliphatic carbocycles. The average Bonchev–Trinajstić information content (AvgIpc) is 2.98. The molecule has 18 heavy (non-hydrogen) atoms. The summed E-state index contributed by atoms with van der Waals surface area (Å²) >= 11 is 0. The van der Waals surface area contributed by atoms with Gasteiger partial charge in [-0.3, -0.25) is 9.89 Å². The van der Waals surface area contributed by atoms with Crippen molar-refractivity contribution in [3.8, 4) is 17.3 Å². The lowest BCUT2D eigenvalue weighted by molar-refractivity contribution is -0.120. The van der Waals surface area contributed by atoms with Crippen molar-refractivity contribution in [2.24, 2.45) is 0 Å². The molecule has 0 fully saturated rings. The molecule has 0 bridgehead atoms. The number of nitrogens with one attached hydrogen (secondary N) is 2. The zero-order chi connectivity index (χ0) is 12.5. The summed E-state index contributed by atoms with van der Waals surface area (Å²) in [5.41, 5.74) is 7.42. The van der Waals surface area contributed by atoms with Crippen LogP contribution in [0, 0.1) is 0 Å². The highest BCUT2D eigenvalue weighted by Gasteiger charge is 2.08. The molecule has 0 saturated heterocycles. The summed E-state index contributed by atoms with van der Waals surface area (Å²) in [6.45, 7) is 0.342. The zero-order valence-corrected chi connectivity index (χ0v) is 9.18. The molecule has 4 N–H and O–H groups in total. The first-order valence-corrected chi connectivity index (χ1v) is 5.17. The SMILES string of the molecule is Nc1n[nH]c2ccc(-c3ncc(OC=O)[nH]3)cc12. The van der Waals surface area contributed by atoms with Crippen LogP contribution in [0.15, 0.2) is 24.4 Å². The molecule has 1 aromatic carbocycles. The molecule has 2 heterocycles. The Bertz CT molecular complexity index is 715. The molecule has 0 radical (unpaired) electrons. The Morgan fingerprint density at radius 3 is 3.11 bits per heavy atom. The molecule has 3 aromatic rings. The fourth-order valence-electron chi connectivity index (χ4n) is 1.74. The summed E-state index contributed by atoms with van der Waals surface area (Å²) in [4.78, 5) is 17.2. The van der Waals surface area contributed by atoms with Crippen LogP contribution in [0.2, 0.25) is 0 Å².